The summed E-state index contributed by atoms with van der Waals surface area (Å²) in [5.41, 5.74) is 3.38. The monoisotopic (exact) mass is 558 g/mol. The zero-order valence-electron chi connectivity index (χ0n) is 20.1. The van der Waals surface area contributed by atoms with Gasteiger partial charge in [-0.3, -0.25) is 0 Å². The molecule has 4 aromatic carbocycles. The molecule has 0 radical (unpaired) electrons. The van der Waals surface area contributed by atoms with Crippen LogP contribution in [-0.4, -0.2) is 36.0 Å². The molecule has 2 atom stereocenters. The maximum atomic E-state index is 12.5. The summed E-state index contributed by atoms with van der Waals surface area (Å²) in [6.45, 7) is 0. The number of halogens is 1. The minimum Gasteiger partial charge on any atom is -0.493 e. The summed E-state index contributed by atoms with van der Waals surface area (Å²) in [4.78, 5) is 12.5. The van der Waals surface area contributed by atoms with E-state index in [1.807, 2.05) is 41.4 Å². The molecule has 0 bridgehead atoms. The summed E-state index contributed by atoms with van der Waals surface area (Å²) in [5.74, 6) is 0.0355. The summed E-state index contributed by atoms with van der Waals surface area (Å²) in [6.07, 6.45) is -0.135. The number of aromatic carboxylic acids is 1. The predicted octanol–water partition coefficient (Wildman–Crippen LogP) is 6.56. The standard InChI is InChI=1S/C29H23BrN2O5/c1-35-25-13-11-20(26(29(33)34)27(25)36-2)28-32-23(21-14-17(30)10-12-24(21)37-28)15-22(31-32)19-9-5-7-16-6-3-4-8-18(16)19/h3-14,23,28H,15H2,1-2H3,(H,33,34)/t23-,28-/m0/s1. The fraction of sp³-hybridized carbons (Fsp3) is 0.172. The Balaban J connectivity index is 1.54. The van der Waals surface area contributed by atoms with E-state index in [9.17, 15) is 9.90 Å². The van der Waals surface area contributed by atoms with Gasteiger partial charge in [0.05, 0.1) is 26.0 Å². The first-order valence-electron chi connectivity index (χ1n) is 11.8. The van der Waals surface area contributed by atoms with Crippen LogP contribution >= 0.6 is 15.9 Å². The van der Waals surface area contributed by atoms with Gasteiger partial charge in [0.2, 0.25) is 6.23 Å². The molecule has 2 heterocycles. The van der Waals surface area contributed by atoms with Crippen LogP contribution in [-0.2, 0) is 0 Å². The molecule has 7 nitrogen and oxygen atoms in total. The highest BCUT2D eigenvalue weighted by Gasteiger charge is 2.43. The van der Waals surface area contributed by atoms with E-state index in [4.69, 9.17) is 19.3 Å². The second-order valence-corrected chi connectivity index (χ2v) is 9.81. The number of carboxylic acids is 1. The van der Waals surface area contributed by atoms with Crippen LogP contribution in [0.4, 0.5) is 0 Å². The van der Waals surface area contributed by atoms with Crippen LogP contribution in [0.1, 0.15) is 45.7 Å². The lowest BCUT2D eigenvalue weighted by Crippen LogP contribution is -2.34. The molecule has 0 saturated heterocycles. The first-order valence-corrected chi connectivity index (χ1v) is 12.6. The molecule has 0 amide bonds. The Kier molecular flexibility index (Phi) is 5.76. The Morgan fingerprint density at radius 3 is 2.62 bits per heavy atom. The molecule has 0 aliphatic carbocycles. The third-order valence-electron chi connectivity index (χ3n) is 6.91. The summed E-state index contributed by atoms with van der Waals surface area (Å²) in [7, 11) is 2.91. The van der Waals surface area contributed by atoms with E-state index in [2.05, 4.69) is 40.2 Å². The van der Waals surface area contributed by atoms with Crippen LogP contribution in [0.25, 0.3) is 10.8 Å². The summed E-state index contributed by atoms with van der Waals surface area (Å²) in [5, 5.41) is 19.4. The molecule has 6 rings (SSSR count). The van der Waals surface area contributed by atoms with Gasteiger partial charge in [-0.25, -0.2) is 9.80 Å². The van der Waals surface area contributed by atoms with Crippen molar-refractivity contribution >= 4 is 38.4 Å². The average molecular weight is 559 g/mol. The number of hydrogen-bond donors (Lipinski definition) is 1. The number of nitrogens with zero attached hydrogens (tertiary/aromatic N) is 2. The van der Waals surface area contributed by atoms with Crippen LogP contribution in [0.2, 0.25) is 0 Å². The minimum atomic E-state index is -1.13. The molecule has 1 N–H and O–H groups in total. The maximum Gasteiger partial charge on any atom is 0.340 e. The summed E-state index contributed by atoms with van der Waals surface area (Å²) >= 11 is 3.59. The van der Waals surface area contributed by atoms with Gasteiger partial charge in [0, 0.05) is 27.6 Å². The van der Waals surface area contributed by atoms with Gasteiger partial charge in [-0.2, -0.15) is 5.10 Å². The quantitative estimate of drug-likeness (QED) is 0.298. The van der Waals surface area contributed by atoms with Gasteiger partial charge in [0.15, 0.2) is 11.5 Å². The number of ether oxygens (including phenoxy) is 3. The lowest BCUT2D eigenvalue weighted by Gasteiger charge is -2.38. The molecule has 0 aromatic heterocycles. The van der Waals surface area contributed by atoms with Crippen molar-refractivity contribution in [2.75, 3.05) is 14.2 Å². The molecule has 2 aliphatic rings. The van der Waals surface area contributed by atoms with E-state index < -0.39 is 12.2 Å². The van der Waals surface area contributed by atoms with Gasteiger partial charge in [-0.1, -0.05) is 58.4 Å². The molecule has 0 saturated carbocycles. The van der Waals surface area contributed by atoms with Crippen molar-refractivity contribution in [3.8, 4) is 17.2 Å². The third-order valence-corrected chi connectivity index (χ3v) is 7.40. The highest BCUT2D eigenvalue weighted by Crippen LogP contribution is 2.50. The summed E-state index contributed by atoms with van der Waals surface area (Å²) < 4.78 is 18.2. The van der Waals surface area contributed by atoms with E-state index in [-0.39, 0.29) is 17.4 Å². The van der Waals surface area contributed by atoms with E-state index in [0.29, 0.717) is 23.5 Å². The van der Waals surface area contributed by atoms with Crippen molar-refractivity contribution in [1.29, 1.82) is 0 Å². The van der Waals surface area contributed by atoms with Gasteiger partial charge in [0.25, 0.3) is 0 Å². The van der Waals surface area contributed by atoms with Crippen molar-refractivity contribution in [3.63, 3.8) is 0 Å². The molecule has 0 spiro atoms. The van der Waals surface area contributed by atoms with Gasteiger partial charge < -0.3 is 19.3 Å². The average Bonchev–Trinajstić information content (AvgIpc) is 3.37. The van der Waals surface area contributed by atoms with Crippen molar-refractivity contribution < 1.29 is 24.1 Å². The fourth-order valence-electron chi connectivity index (χ4n) is 5.27. The second kappa shape index (κ2) is 9.12. The first kappa shape index (κ1) is 23.4. The van der Waals surface area contributed by atoms with E-state index in [1.165, 1.54) is 14.2 Å². The SMILES string of the molecule is COc1ccc([C@@H]2Oc3ccc(Br)cc3[C@@H]3CC(c4cccc5ccccc45)=NN32)c(C(=O)O)c1OC. The molecule has 8 heteroatoms. The number of carbonyl (C=O) groups is 1. The zero-order chi connectivity index (χ0) is 25.7. The number of fused-ring (bicyclic) bond motifs is 4. The Morgan fingerprint density at radius 2 is 1.84 bits per heavy atom. The number of rotatable bonds is 5. The van der Waals surface area contributed by atoms with Crippen molar-refractivity contribution in [3.05, 3.63) is 99.5 Å². The number of methoxy groups -OCH3 is 2. The second-order valence-electron chi connectivity index (χ2n) is 8.90. The molecule has 37 heavy (non-hydrogen) atoms. The van der Waals surface area contributed by atoms with E-state index in [1.54, 1.807) is 12.1 Å². The highest BCUT2D eigenvalue weighted by atomic mass is 79.9. The predicted molar refractivity (Wildman–Crippen MR) is 144 cm³/mol. The summed E-state index contributed by atoms with van der Waals surface area (Å²) in [6, 6.07) is 23.6. The van der Waals surface area contributed by atoms with Crippen LogP contribution < -0.4 is 14.2 Å². The Morgan fingerprint density at radius 1 is 1.03 bits per heavy atom. The number of hydrogen-bond acceptors (Lipinski definition) is 6. The first-order chi connectivity index (χ1) is 18.0. The van der Waals surface area contributed by atoms with Crippen LogP contribution in [0.3, 0.4) is 0 Å². The Labute approximate surface area is 222 Å². The highest BCUT2D eigenvalue weighted by molar-refractivity contribution is 9.10. The molecule has 2 aliphatic heterocycles. The van der Waals surface area contributed by atoms with Crippen molar-refractivity contribution in [1.82, 2.24) is 5.01 Å². The molecule has 0 fully saturated rings. The largest absolute Gasteiger partial charge is 0.493 e. The number of hydrazone groups is 1. The lowest BCUT2D eigenvalue weighted by molar-refractivity contribution is -0.0199. The van der Waals surface area contributed by atoms with Crippen LogP contribution in [0.15, 0.2) is 82.4 Å². The number of carboxylic acid groups (broad SMARTS) is 1. The zero-order valence-corrected chi connectivity index (χ0v) is 21.7. The fourth-order valence-corrected chi connectivity index (χ4v) is 5.65. The molecule has 186 valence electrons. The third kappa shape index (κ3) is 3.79. The molecule has 4 aromatic rings. The van der Waals surface area contributed by atoms with Crippen LogP contribution in [0.5, 0.6) is 17.2 Å². The van der Waals surface area contributed by atoms with Gasteiger partial charge in [0.1, 0.15) is 11.3 Å². The van der Waals surface area contributed by atoms with E-state index in [0.717, 1.165) is 32.1 Å². The van der Waals surface area contributed by atoms with Crippen molar-refractivity contribution in [2.45, 2.75) is 18.7 Å². The van der Waals surface area contributed by atoms with Gasteiger partial charge in [-0.05, 0) is 41.1 Å². The minimum absolute atomic E-state index is 0.0139. The normalized spacial score (nSPS) is 18.0. The van der Waals surface area contributed by atoms with Crippen LogP contribution in [0, 0.1) is 0 Å². The van der Waals surface area contributed by atoms with Gasteiger partial charge >= 0.3 is 5.97 Å². The lowest BCUT2D eigenvalue weighted by atomic mass is 9.93. The smallest absolute Gasteiger partial charge is 0.340 e. The van der Waals surface area contributed by atoms with E-state index >= 15 is 0 Å². The maximum absolute atomic E-state index is 12.5. The molecule has 0 unspecified atom stereocenters. The van der Waals surface area contributed by atoms with Gasteiger partial charge in [-0.15, -0.1) is 0 Å². The van der Waals surface area contributed by atoms with Crippen molar-refractivity contribution in [2.24, 2.45) is 5.10 Å². The molecular formula is C29H23BrN2O5. The topological polar surface area (TPSA) is 80.6 Å². The Hall–Kier alpha value is -4.04. The Bertz CT molecular complexity index is 1580. The molecular weight excluding hydrogens is 536 g/mol. The number of benzene rings is 4.